The van der Waals surface area contributed by atoms with Crippen molar-refractivity contribution >= 4 is 11.7 Å². The van der Waals surface area contributed by atoms with Crippen molar-refractivity contribution in [2.45, 2.75) is 32.3 Å². The summed E-state index contributed by atoms with van der Waals surface area (Å²) in [6.07, 6.45) is 3.32. The van der Waals surface area contributed by atoms with Crippen LogP contribution in [0.1, 0.15) is 24.8 Å². The Labute approximate surface area is 118 Å². The molecule has 2 amide bonds. The predicted molar refractivity (Wildman–Crippen MR) is 76.4 cm³/mol. The number of aryl methyl sites for hydroxylation is 1. The van der Waals surface area contributed by atoms with Crippen LogP contribution in [0, 0.1) is 12.7 Å². The van der Waals surface area contributed by atoms with Crippen molar-refractivity contribution in [1.82, 2.24) is 4.90 Å². The summed E-state index contributed by atoms with van der Waals surface area (Å²) >= 11 is 0. The number of rotatable bonds is 3. The van der Waals surface area contributed by atoms with E-state index in [1.54, 1.807) is 24.9 Å². The molecule has 1 aromatic rings. The number of hydrogen-bond donors (Lipinski definition) is 1. The molecular weight excluding hydrogens is 259 g/mol. The van der Waals surface area contributed by atoms with Crippen LogP contribution in [0.5, 0.6) is 0 Å². The zero-order valence-corrected chi connectivity index (χ0v) is 12.0. The molecule has 1 saturated heterocycles. The standard InChI is InChI=1S/C15H21FN2O2/c1-11-7-12(16)9-13(8-11)17-15(19)18(2)10-14-5-3-4-6-20-14/h7-9,14H,3-6,10H2,1-2H3,(H,17,19)/t14-/m0/s1. The van der Waals surface area contributed by atoms with E-state index in [-0.39, 0.29) is 18.0 Å². The van der Waals surface area contributed by atoms with Gasteiger partial charge in [0.05, 0.1) is 6.10 Å². The van der Waals surface area contributed by atoms with E-state index in [1.165, 1.54) is 12.1 Å². The molecule has 4 nitrogen and oxygen atoms in total. The SMILES string of the molecule is Cc1cc(F)cc(NC(=O)N(C)C[C@@H]2CCCCO2)c1. The van der Waals surface area contributed by atoms with Crippen molar-refractivity contribution in [3.63, 3.8) is 0 Å². The van der Waals surface area contributed by atoms with Gasteiger partial charge in [0.15, 0.2) is 0 Å². The maximum Gasteiger partial charge on any atom is 0.321 e. The van der Waals surface area contributed by atoms with E-state index >= 15 is 0 Å². The molecule has 1 aliphatic heterocycles. The number of amides is 2. The van der Waals surface area contributed by atoms with Crippen LogP contribution in [0.4, 0.5) is 14.9 Å². The number of halogens is 1. The smallest absolute Gasteiger partial charge is 0.321 e. The number of ether oxygens (including phenoxy) is 1. The molecule has 2 rings (SSSR count). The molecular formula is C15H21FN2O2. The molecule has 0 aromatic heterocycles. The topological polar surface area (TPSA) is 41.6 Å². The molecule has 1 heterocycles. The third-order valence-electron chi connectivity index (χ3n) is 3.39. The van der Waals surface area contributed by atoms with Gasteiger partial charge in [-0.15, -0.1) is 0 Å². The molecule has 1 atom stereocenters. The quantitative estimate of drug-likeness (QED) is 0.924. The van der Waals surface area contributed by atoms with Crippen molar-refractivity contribution in [2.24, 2.45) is 0 Å². The minimum absolute atomic E-state index is 0.105. The van der Waals surface area contributed by atoms with Gasteiger partial charge in [0.25, 0.3) is 0 Å². The Morgan fingerprint density at radius 1 is 1.45 bits per heavy atom. The highest BCUT2D eigenvalue weighted by atomic mass is 19.1. The van der Waals surface area contributed by atoms with Crippen molar-refractivity contribution in [1.29, 1.82) is 0 Å². The van der Waals surface area contributed by atoms with Crippen molar-refractivity contribution in [3.8, 4) is 0 Å². The number of urea groups is 1. The molecule has 5 heteroatoms. The van der Waals surface area contributed by atoms with Gasteiger partial charge in [0.1, 0.15) is 5.82 Å². The summed E-state index contributed by atoms with van der Waals surface area (Å²) in [5.41, 5.74) is 1.25. The van der Waals surface area contributed by atoms with Crippen LogP contribution in [0.25, 0.3) is 0 Å². The highest BCUT2D eigenvalue weighted by Gasteiger charge is 2.18. The van der Waals surface area contributed by atoms with Gasteiger partial charge in [-0.2, -0.15) is 0 Å². The maximum absolute atomic E-state index is 13.3. The number of nitrogens with one attached hydrogen (secondary N) is 1. The first-order valence-corrected chi connectivity index (χ1v) is 6.95. The number of hydrogen-bond acceptors (Lipinski definition) is 2. The van der Waals surface area contributed by atoms with E-state index in [1.807, 2.05) is 0 Å². The monoisotopic (exact) mass is 280 g/mol. The third kappa shape index (κ3) is 4.20. The Kier molecular flexibility index (Phi) is 4.95. The molecule has 0 radical (unpaired) electrons. The van der Waals surface area contributed by atoms with Gasteiger partial charge in [0, 0.05) is 25.9 Å². The second-order valence-electron chi connectivity index (χ2n) is 5.32. The highest BCUT2D eigenvalue weighted by Crippen LogP contribution is 2.16. The predicted octanol–water partition coefficient (Wildman–Crippen LogP) is 3.17. The van der Waals surface area contributed by atoms with Crippen LogP contribution in [0.2, 0.25) is 0 Å². The summed E-state index contributed by atoms with van der Waals surface area (Å²) < 4.78 is 18.9. The summed E-state index contributed by atoms with van der Waals surface area (Å²) in [5, 5.41) is 2.70. The Bertz CT molecular complexity index is 453. The molecule has 1 fully saturated rings. The first-order valence-electron chi connectivity index (χ1n) is 6.95. The molecule has 1 aromatic carbocycles. The lowest BCUT2D eigenvalue weighted by atomic mass is 10.1. The lowest BCUT2D eigenvalue weighted by Gasteiger charge is -2.27. The average molecular weight is 280 g/mol. The fourth-order valence-corrected chi connectivity index (χ4v) is 2.37. The Hall–Kier alpha value is -1.62. The largest absolute Gasteiger partial charge is 0.376 e. The van der Waals surface area contributed by atoms with Gasteiger partial charge in [-0.25, -0.2) is 9.18 Å². The summed E-state index contributed by atoms with van der Waals surface area (Å²) in [7, 11) is 1.72. The molecule has 0 spiro atoms. The molecule has 0 saturated carbocycles. The fraction of sp³-hybridized carbons (Fsp3) is 0.533. The number of benzene rings is 1. The number of anilines is 1. The van der Waals surface area contributed by atoms with E-state index in [9.17, 15) is 9.18 Å². The Morgan fingerprint density at radius 2 is 2.25 bits per heavy atom. The molecule has 1 N–H and O–H groups in total. The normalized spacial score (nSPS) is 18.6. The zero-order valence-electron chi connectivity index (χ0n) is 12.0. The average Bonchev–Trinajstić information content (AvgIpc) is 2.38. The van der Waals surface area contributed by atoms with Gasteiger partial charge in [-0.05, 0) is 49.9 Å². The number of carbonyl (C=O) groups is 1. The van der Waals surface area contributed by atoms with E-state index < -0.39 is 0 Å². The highest BCUT2D eigenvalue weighted by molar-refractivity contribution is 5.89. The van der Waals surface area contributed by atoms with Crippen LogP contribution >= 0.6 is 0 Å². The van der Waals surface area contributed by atoms with E-state index in [0.29, 0.717) is 12.2 Å². The molecule has 0 unspecified atom stereocenters. The number of nitrogens with zero attached hydrogens (tertiary/aromatic N) is 1. The van der Waals surface area contributed by atoms with Gasteiger partial charge < -0.3 is 15.0 Å². The van der Waals surface area contributed by atoms with Crippen LogP contribution in [0.15, 0.2) is 18.2 Å². The number of likely N-dealkylation sites (N-methyl/N-ethyl adjacent to an activating group) is 1. The lowest BCUT2D eigenvalue weighted by molar-refractivity contribution is 0.00463. The molecule has 110 valence electrons. The fourth-order valence-electron chi connectivity index (χ4n) is 2.37. The first kappa shape index (κ1) is 14.8. The molecule has 0 bridgehead atoms. The van der Waals surface area contributed by atoms with Gasteiger partial charge in [0.2, 0.25) is 0 Å². The Morgan fingerprint density at radius 3 is 2.90 bits per heavy atom. The van der Waals surface area contributed by atoms with Crippen LogP contribution in [-0.4, -0.2) is 37.2 Å². The van der Waals surface area contributed by atoms with Crippen molar-refractivity contribution in [2.75, 3.05) is 25.5 Å². The summed E-state index contributed by atoms with van der Waals surface area (Å²) in [5.74, 6) is -0.349. The van der Waals surface area contributed by atoms with E-state index in [4.69, 9.17) is 4.74 Å². The van der Waals surface area contributed by atoms with Crippen molar-refractivity contribution in [3.05, 3.63) is 29.6 Å². The van der Waals surface area contributed by atoms with Crippen LogP contribution in [-0.2, 0) is 4.74 Å². The van der Waals surface area contributed by atoms with Crippen LogP contribution in [0.3, 0.4) is 0 Å². The minimum atomic E-state index is -0.349. The van der Waals surface area contributed by atoms with Crippen LogP contribution < -0.4 is 5.32 Å². The zero-order chi connectivity index (χ0) is 14.5. The van der Waals surface area contributed by atoms with E-state index in [0.717, 1.165) is 31.4 Å². The second kappa shape index (κ2) is 6.70. The third-order valence-corrected chi connectivity index (χ3v) is 3.39. The summed E-state index contributed by atoms with van der Waals surface area (Å²) in [4.78, 5) is 13.6. The number of carbonyl (C=O) groups excluding carboxylic acids is 1. The summed E-state index contributed by atoms with van der Waals surface area (Å²) in [6, 6.07) is 4.24. The van der Waals surface area contributed by atoms with Gasteiger partial charge in [-0.3, -0.25) is 0 Å². The maximum atomic E-state index is 13.3. The lowest BCUT2D eigenvalue weighted by Crippen LogP contribution is -2.39. The second-order valence-corrected chi connectivity index (χ2v) is 5.32. The van der Waals surface area contributed by atoms with Crippen molar-refractivity contribution < 1.29 is 13.9 Å². The van der Waals surface area contributed by atoms with Gasteiger partial charge >= 0.3 is 6.03 Å². The van der Waals surface area contributed by atoms with Gasteiger partial charge in [-0.1, -0.05) is 0 Å². The Balaban J connectivity index is 1.89. The molecule has 0 aliphatic carbocycles. The molecule has 1 aliphatic rings. The van der Waals surface area contributed by atoms with E-state index in [2.05, 4.69) is 5.32 Å². The first-order chi connectivity index (χ1) is 9.54. The molecule has 20 heavy (non-hydrogen) atoms. The minimum Gasteiger partial charge on any atom is -0.376 e. The summed E-state index contributed by atoms with van der Waals surface area (Å²) in [6.45, 7) is 3.11.